The molecule has 0 aromatic heterocycles. The summed E-state index contributed by atoms with van der Waals surface area (Å²) in [7, 11) is 1.74. The highest BCUT2D eigenvalue weighted by Crippen LogP contribution is 2.31. The molecule has 0 amide bonds. The molecular formula is C18H22O. The van der Waals surface area contributed by atoms with Crippen molar-refractivity contribution in [3.05, 3.63) is 54.1 Å². The second-order valence-corrected chi connectivity index (χ2v) is 6.13. The van der Waals surface area contributed by atoms with Crippen molar-refractivity contribution in [1.29, 1.82) is 0 Å². The van der Waals surface area contributed by atoms with Gasteiger partial charge in [0.15, 0.2) is 0 Å². The third-order valence-electron chi connectivity index (χ3n) is 3.11. The van der Waals surface area contributed by atoms with Crippen LogP contribution in [0.2, 0.25) is 0 Å². The topological polar surface area (TPSA) is 9.23 Å². The molecule has 0 aliphatic rings. The molecule has 0 bridgehead atoms. The molecule has 0 saturated carbocycles. The van der Waals surface area contributed by atoms with Crippen LogP contribution in [0.5, 0.6) is 5.75 Å². The largest absolute Gasteiger partial charge is 0.496 e. The van der Waals surface area contributed by atoms with Crippen LogP contribution < -0.4 is 4.74 Å². The van der Waals surface area contributed by atoms with Gasteiger partial charge in [0.25, 0.3) is 0 Å². The Morgan fingerprint density at radius 3 is 2.16 bits per heavy atom. The summed E-state index contributed by atoms with van der Waals surface area (Å²) in [5.41, 5.74) is 4.03. The molecule has 2 aromatic rings. The first-order chi connectivity index (χ1) is 8.99. The van der Waals surface area contributed by atoms with Crippen molar-refractivity contribution in [3.8, 4) is 16.9 Å². The van der Waals surface area contributed by atoms with E-state index in [1.165, 1.54) is 16.7 Å². The highest BCUT2D eigenvalue weighted by molar-refractivity contribution is 5.65. The fourth-order valence-electron chi connectivity index (χ4n) is 2.30. The minimum absolute atomic E-state index is 0.253. The Kier molecular flexibility index (Phi) is 3.94. The van der Waals surface area contributed by atoms with Crippen LogP contribution in [0.4, 0.5) is 0 Å². The van der Waals surface area contributed by atoms with Gasteiger partial charge in [-0.15, -0.1) is 0 Å². The quantitative estimate of drug-likeness (QED) is 0.753. The average Bonchev–Trinajstić information content (AvgIpc) is 2.38. The zero-order valence-electron chi connectivity index (χ0n) is 12.2. The minimum Gasteiger partial charge on any atom is -0.496 e. The molecule has 0 heterocycles. The van der Waals surface area contributed by atoms with Crippen molar-refractivity contribution >= 4 is 0 Å². The first-order valence-corrected chi connectivity index (χ1v) is 6.72. The van der Waals surface area contributed by atoms with E-state index < -0.39 is 0 Å². The normalized spacial score (nSPS) is 11.4. The second kappa shape index (κ2) is 5.48. The molecular weight excluding hydrogens is 232 g/mol. The predicted octanol–water partition coefficient (Wildman–Crippen LogP) is 4.95. The van der Waals surface area contributed by atoms with Crippen molar-refractivity contribution in [3.63, 3.8) is 0 Å². The summed E-state index contributed by atoms with van der Waals surface area (Å²) in [5, 5.41) is 0. The van der Waals surface area contributed by atoms with Gasteiger partial charge in [-0.2, -0.15) is 0 Å². The Hall–Kier alpha value is -1.76. The van der Waals surface area contributed by atoms with E-state index in [9.17, 15) is 0 Å². The van der Waals surface area contributed by atoms with E-state index in [0.29, 0.717) is 0 Å². The molecule has 0 aliphatic carbocycles. The number of ether oxygens (including phenoxy) is 1. The van der Waals surface area contributed by atoms with Gasteiger partial charge in [-0.25, -0.2) is 0 Å². The first-order valence-electron chi connectivity index (χ1n) is 6.72. The Labute approximate surface area is 116 Å². The van der Waals surface area contributed by atoms with Gasteiger partial charge in [0.05, 0.1) is 7.11 Å². The maximum atomic E-state index is 5.48. The summed E-state index contributed by atoms with van der Waals surface area (Å²) >= 11 is 0. The van der Waals surface area contributed by atoms with Gasteiger partial charge in [-0.1, -0.05) is 57.2 Å². The highest BCUT2D eigenvalue weighted by atomic mass is 16.5. The molecule has 1 heteroatoms. The third-order valence-corrected chi connectivity index (χ3v) is 3.11. The molecule has 0 radical (unpaired) electrons. The van der Waals surface area contributed by atoms with Crippen LogP contribution in [0, 0.1) is 5.41 Å². The molecule has 0 saturated heterocycles. The Morgan fingerprint density at radius 1 is 0.895 bits per heavy atom. The summed E-state index contributed by atoms with van der Waals surface area (Å²) in [5.74, 6) is 0.981. The number of methoxy groups -OCH3 is 1. The highest BCUT2D eigenvalue weighted by Gasteiger charge is 2.15. The first kappa shape index (κ1) is 13.7. The summed E-state index contributed by atoms with van der Waals surface area (Å²) in [6.07, 6.45) is 1.01. The monoisotopic (exact) mass is 254 g/mol. The van der Waals surface area contributed by atoms with Crippen LogP contribution >= 0.6 is 0 Å². The van der Waals surface area contributed by atoms with Gasteiger partial charge in [-0.05, 0) is 40.7 Å². The summed E-state index contributed by atoms with van der Waals surface area (Å²) < 4.78 is 5.48. The van der Waals surface area contributed by atoms with E-state index in [4.69, 9.17) is 4.74 Å². The number of hydrogen-bond donors (Lipinski definition) is 0. The van der Waals surface area contributed by atoms with Gasteiger partial charge in [0.1, 0.15) is 5.75 Å². The number of rotatable bonds is 3. The molecule has 1 nitrogen and oxygen atoms in total. The third kappa shape index (κ3) is 3.60. The van der Waals surface area contributed by atoms with Crippen molar-refractivity contribution in [2.45, 2.75) is 27.2 Å². The van der Waals surface area contributed by atoms with Crippen molar-refractivity contribution in [2.75, 3.05) is 7.11 Å². The van der Waals surface area contributed by atoms with Crippen LogP contribution in [0.3, 0.4) is 0 Å². The summed E-state index contributed by atoms with van der Waals surface area (Å²) in [6.45, 7) is 6.75. The molecule has 19 heavy (non-hydrogen) atoms. The van der Waals surface area contributed by atoms with Gasteiger partial charge < -0.3 is 4.74 Å². The zero-order valence-corrected chi connectivity index (χ0v) is 12.2. The van der Waals surface area contributed by atoms with E-state index in [1.54, 1.807) is 7.11 Å². The predicted molar refractivity (Wildman–Crippen MR) is 81.6 cm³/mol. The molecule has 0 aliphatic heterocycles. The number of hydrogen-bond acceptors (Lipinski definition) is 1. The lowest BCUT2D eigenvalue weighted by atomic mass is 9.86. The van der Waals surface area contributed by atoms with Gasteiger partial charge in [-0.3, -0.25) is 0 Å². The molecule has 0 N–H and O–H groups in total. The summed E-state index contributed by atoms with van der Waals surface area (Å²) in [6, 6.07) is 16.9. The maximum Gasteiger partial charge on any atom is 0.122 e. The van der Waals surface area contributed by atoms with E-state index >= 15 is 0 Å². The fourth-order valence-corrected chi connectivity index (χ4v) is 2.30. The van der Waals surface area contributed by atoms with Crippen LogP contribution in [0.25, 0.3) is 11.1 Å². The lowest BCUT2D eigenvalue weighted by Gasteiger charge is -2.20. The zero-order chi connectivity index (χ0) is 13.9. The molecule has 0 atom stereocenters. The molecule has 0 fully saturated rings. The minimum atomic E-state index is 0.253. The van der Waals surface area contributed by atoms with Gasteiger partial charge >= 0.3 is 0 Å². The van der Waals surface area contributed by atoms with E-state index in [0.717, 1.165) is 12.2 Å². The van der Waals surface area contributed by atoms with Crippen molar-refractivity contribution in [2.24, 2.45) is 5.41 Å². The summed E-state index contributed by atoms with van der Waals surface area (Å²) in [4.78, 5) is 0. The SMILES string of the molecule is COc1ccc(-c2ccccc2)cc1CC(C)(C)C. The Balaban J connectivity index is 2.41. The van der Waals surface area contributed by atoms with Crippen molar-refractivity contribution in [1.82, 2.24) is 0 Å². The average molecular weight is 254 g/mol. The van der Waals surface area contributed by atoms with Crippen LogP contribution in [0.15, 0.2) is 48.5 Å². The molecule has 0 unspecified atom stereocenters. The van der Waals surface area contributed by atoms with Crippen LogP contribution in [0.1, 0.15) is 26.3 Å². The van der Waals surface area contributed by atoms with Crippen LogP contribution in [-0.4, -0.2) is 7.11 Å². The molecule has 2 aromatic carbocycles. The Morgan fingerprint density at radius 2 is 1.58 bits per heavy atom. The molecule has 2 rings (SSSR count). The lowest BCUT2D eigenvalue weighted by molar-refractivity contribution is 0.379. The van der Waals surface area contributed by atoms with E-state index in [2.05, 4.69) is 63.2 Å². The van der Waals surface area contributed by atoms with Crippen molar-refractivity contribution < 1.29 is 4.74 Å². The second-order valence-electron chi connectivity index (χ2n) is 6.13. The molecule has 0 spiro atoms. The maximum absolute atomic E-state index is 5.48. The Bertz CT molecular complexity index is 535. The molecule has 100 valence electrons. The number of benzene rings is 2. The smallest absolute Gasteiger partial charge is 0.122 e. The fraction of sp³-hybridized carbons (Fsp3) is 0.333. The van der Waals surface area contributed by atoms with Gasteiger partial charge in [0, 0.05) is 0 Å². The van der Waals surface area contributed by atoms with Gasteiger partial charge in [0.2, 0.25) is 0 Å². The van der Waals surface area contributed by atoms with E-state index in [1.807, 2.05) is 6.07 Å². The standard InChI is InChI=1S/C18H22O/c1-18(2,3)13-16-12-15(10-11-17(16)19-4)14-8-6-5-7-9-14/h5-12H,13H2,1-4H3. The van der Waals surface area contributed by atoms with E-state index in [-0.39, 0.29) is 5.41 Å². The lowest BCUT2D eigenvalue weighted by Crippen LogP contribution is -2.10. The van der Waals surface area contributed by atoms with Crippen LogP contribution in [-0.2, 0) is 6.42 Å².